The first-order valence-electron chi connectivity index (χ1n) is 29.5. The summed E-state index contributed by atoms with van der Waals surface area (Å²) in [4.78, 5) is 29.8. The van der Waals surface area contributed by atoms with Gasteiger partial charge >= 0.3 is 16.5 Å². The van der Waals surface area contributed by atoms with Crippen LogP contribution in [0.25, 0.3) is 9.44 Å². The van der Waals surface area contributed by atoms with Gasteiger partial charge in [0.15, 0.2) is 0 Å². The minimum Gasteiger partial charge on any atom is -0.572 e. The molecule has 4 aliphatic heterocycles. The van der Waals surface area contributed by atoms with Crippen molar-refractivity contribution in [3.63, 3.8) is 0 Å². The summed E-state index contributed by atoms with van der Waals surface area (Å²) in [6.07, 6.45) is 13.5. The van der Waals surface area contributed by atoms with E-state index in [1.165, 1.54) is 75.6 Å². The Labute approximate surface area is 525 Å². The van der Waals surface area contributed by atoms with Crippen molar-refractivity contribution in [2.45, 2.75) is 140 Å². The van der Waals surface area contributed by atoms with Crippen LogP contribution in [-0.2, 0) is 55.5 Å². The van der Waals surface area contributed by atoms with Gasteiger partial charge in [-0.3, -0.25) is 30.2 Å². The smallest absolute Gasteiger partial charge is 0.572 e. The van der Waals surface area contributed by atoms with Gasteiger partial charge in [-0.25, -0.2) is 16.8 Å². The second kappa shape index (κ2) is 37.9. The molecular formula is C66H84N6NiO12S2. The summed E-state index contributed by atoms with van der Waals surface area (Å²) in [6.45, 7) is 24.9. The molecule has 0 radical (unpaired) electrons. The molecule has 21 heteroatoms. The summed E-state index contributed by atoms with van der Waals surface area (Å²) in [5.41, 5.74) is 7.45. The third-order valence-electron chi connectivity index (χ3n) is 13.7. The van der Waals surface area contributed by atoms with Crippen molar-refractivity contribution in [2.24, 2.45) is 9.98 Å². The molecule has 0 atom stereocenters. The van der Waals surface area contributed by atoms with Gasteiger partial charge in [0.2, 0.25) is 0 Å². The van der Waals surface area contributed by atoms with Crippen LogP contribution in [-0.4, -0.2) is 92.0 Å². The molecule has 6 aromatic rings. The Balaban J connectivity index is 0.000000277. The summed E-state index contributed by atoms with van der Waals surface area (Å²) >= 11 is 0. The number of nitrogens with zero attached hydrogens (tertiary/aromatic N) is 6. The molecule has 18 nitrogen and oxygen atoms in total. The predicted molar refractivity (Wildman–Crippen MR) is 343 cm³/mol. The Bertz CT molecular complexity index is 3020. The Morgan fingerprint density at radius 2 is 0.655 bits per heavy atom. The molecular weight excluding hydrogens is 1190 g/mol. The van der Waals surface area contributed by atoms with Crippen molar-refractivity contribution in [1.82, 2.24) is 0 Å². The van der Waals surface area contributed by atoms with Crippen molar-refractivity contribution in [3.05, 3.63) is 197 Å². The Kier molecular flexibility index (Phi) is 31.7. The summed E-state index contributed by atoms with van der Waals surface area (Å²) in [5, 5.41) is 21.7. The average molecular weight is 1280 g/mol. The van der Waals surface area contributed by atoms with Crippen molar-refractivity contribution < 1.29 is 62.1 Å². The van der Waals surface area contributed by atoms with E-state index in [4.69, 9.17) is 28.9 Å². The SMILES string of the molecule is C1CCOC1.C1CCOC1.C1CCOC1.C1CCOC1.CC(C)c1cccc(C(C)C)c1N=Cc1ccccc1[N-]S(=O)(=O)c1ccc([N+](=O)[O-])cc1.CC(C)c1cccc(C(C)C)c1N=Cc1ccccc1[N-]S(=O)(=O)c1ccc([N+](=O)[O-])cc1.[Ni+2]. The molecule has 0 amide bonds. The maximum atomic E-state index is 12.8. The van der Waals surface area contributed by atoms with E-state index in [-0.39, 0.29) is 72.7 Å². The summed E-state index contributed by atoms with van der Waals surface area (Å²) in [5.74, 6) is 1.10. The fourth-order valence-electron chi connectivity index (χ4n) is 8.83. The molecule has 0 saturated carbocycles. The molecule has 6 aromatic carbocycles. The van der Waals surface area contributed by atoms with Gasteiger partial charge in [-0.2, -0.15) is 0 Å². The number of benzene rings is 6. The van der Waals surface area contributed by atoms with Crippen molar-refractivity contribution >= 4 is 66.6 Å². The Hall–Kier alpha value is -6.71. The van der Waals surface area contributed by atoms with E-state index in [2.05, 4.69) is 89.1 Å². The van der Waals surface area contributed by atoms with Gasteiger partial charge in [0.05, 0.1) is 31.0 Å². The fraction of sp³-hybridized carbons (Fsp3) is 0.424. The minimum absolute atomic E-state index is 0. The molecule has 0 spiro atoms. The summed E-state index contributed by atoms with van der Waals surface area (Å²) < 4.78 is 79.0. The number of sulfonamides is 2. The van der Waals surface area contributed by atoms with Gasteiger partial charge in [-0.1, -0.05) is 140 Å². The molecule has 4 heterocycles. The van der Waals surface area contributed by atoms with E-state index in [9.17, 15) is 37.1 Å². The van der Waals surface area contributed by atoms with Gasteiger partial charge in [-0.15, -0.1) is 11.4 Å². The first kappa shape index (κ1) is 72.8. The van der Waals surface area contributed by atoms with Gasteiger partial charge in [0.1, 0.15) is 20.0 Å². The first-order chi connectivity index (χ1) is 41.2. The van der Waals surface area contributed by atoms with Crippen LogP contribution >= 0.6 is 0 Å². The number of aliphatic imine (C=N–C) groups is 2. The third-order valence-corrected chi connectivity index (χ3v) is 16.3. The van der Waals surface area contributed by atoms with E-state index in [1.54, 1.807) is 61.0 Å². The van der Waals surface area contributed by atoms with Crippen LogP contribution in [0.15, 0.2) is 153 Å². The number of nitro groups is 2. The van der Waals surface area contributed by atoms with Crippen LogP contribution in [0, 0.1) is 20.2 Å². The number of ether oxygens (including phenoxy) is 4. The normalized spacial score (nSPS) is 14.6. The molecule has 10 rings (SSSR count). The molecule has 87 heavy (non-hydrogen) atoms. The molecule has 4 fully saturated rings. The summed E-state index contributed by atoms with van der Waals surface area (Å²) in [6, 6.07) is 35.3. The van der Waals surface area contributed by atoms with E-state index < -0.39 is 29.9 Å². The number of nitro benzene ring substituents is 2. The number of non-ortho nitro benzene ring substituents is 2. The van der Waals surface area contributed by atoms with Gasteiger partial charge in [-0.05, 0) is 133 Å². The molecule has 0 N–H and O–H groups in total. The van der Waals surface area contributed by atoms with Crippen LogP contribution in [0.3, 0.4) is 0 Å². The van der Waals surface area contributed by atoms with Crippen molar-refractivity contribution in [2.75, 3.05) is 52.9 Å². The number of hydrogen-bond donors (Lipinski definition) is 0. The van der Waals surface area contributed by atoms with Gasteiger partial charge in [0, 0.05) is 89.5 Å². The number of para-hydroxylation sites is 2. The molecule has 4 saturated heterocycles. The largest absolute Gasteiger partial charge is 2.00 e. The first-order valence-corrected chi connectivity index (χ1v) is 32.4. The monoisotopic (exact) mass is 1270 g/mol. The zero-order valence-electron chi connectivity index (χ0n) is 51.2. The van der Waals surface area contributed by atoms with E-state index >= 15 is 0 Å². The van der Waals surface area contributed by atoms with Crippen molar-refractivity contribution in [3.8, 4) is 0 Å². The topological polar surface area (TPSA) is 244 Å². The zero-order chi connectivity index (χ0) is 62.5. The maximum absolute atomic E-state index is 12.8. The van der Waals surface area contributed by atoms with Crippen molar-refractivity contribution in [1.29, 1.82) is 0 Å². The van der Waals surface area contributed by atoms with E-state index in [0.29, 0.717) is 11.1 Å². The maximum Gasteiger partial charge on any atom is 2.00 e. The number of hydrogen-bond acceptors (Lipinski definition) is 14. The summed E-state index contributed by atoms with van der Waals surface area (Å²) in [7, 11) is -8.13. The van der Waals surface area contributed by atoms with Gasteiger partial charge < -0.3 is 28.4 Å². The Morgan fingerprint density at radius 1 is 0.402 bits per heavy atom. The fourth-order valence-corrected chi connectivity index (χ4v) is 10.9. The second-order valence-electron chi connectivity index (χ2n) is 21.7. The third kappa shape index (κ3) is 24.4. The molecule has 0 aliphatic carbocycles. The zero-order valence-corrected chi connectivity index (χ0v) is 53.8. The minimum atomic E-state index is -4.06. The molecule has 472 valence electrons. The number of rotatable bonds is 16. The van der Waals surface area contributed by atoms with Crippen LogP contribution in [0.4, 0.5) is 34.1 Å². The predicted octanol–water partition coefficient (Wildman–Crippen LogP) is 17.2. The molecule has 4 aliphatic rings. The Morgan fingerprint density at radius 3 is 0.874 bits per heavy atom. The standard InChI is InChI=1S/2C25H26N3O4S.4C4H8O.Ni/c2*1-17(2)22-9-7-10-23(18(3)4)25(22)26-16-19-8-5-6-11-24(19)27-33(31,32)21-14-12-20(13-15-21)28(29)30;4*1-2-4-5-3-1;/h2*5-18H,1-4H3;4*1-4H2;/q2*-1;;;;;+2. The average Bonchev–Trinajstić information content (AvgIpc) is 4.08. The van der Waals surface area contributed by atoms with Crippen LogP contribution < -0.4 is 0 Å². The molecule has 0 unspecified atom stereocenters. The van der Waals surface area contributed by atoms with E-state index in [0.717, 1.165) is 111 Å². The van der Waals surface area contributed by atoms with Crippen LogP contribution in [0.5, 0.6) is 0 Å². The van der Waals surface area contributed by atoms with E-state index in [1.807, 2.05) is 12.1 Å². The van der Waals surface area contributed by atoms with Gasteiger partial charge in [0.25, 0.3) is 11.4 Å². The second-order valence-corrected chi connectivity index (χ2v) is 24.9. The molecule has 0 aromatic heterocycles. The van der Waals surface area contributed by atoms with Crippen LogP contribution in [0.2, 0.25) is 0 Å². The quantitative estimate of drug-likeness (QED) is 0.0380. The molecule has 0 bridgehead atoms. The van der Waals surface area contributed by atoms with Crippen LogP contribution in [0.1, 0.15) is 164 Å².